The maximum absolute atomic E-state index is 13.1. The van der Waals surface area contributed by atoms with Gasteiger partial charge in [-0.15, -0.1) is 0 Å². The van der Waals surface area contributed by atoms with E-state index in [1.54, 1.807) is 19.2 Å². The fourth-order valence-electron chi connectivity index (χ4n) is 2.01. The highest BCUT2D eigenvalue weighted by Crippen LogP contribution is 2.36. The molecule has 0 bridgehead atoms. The van der Waals surface area contributed by atoms with Gasteiger partial charge in [0.2, 0.25) is 0 Å². The van der Waals surface area contributed by atoms with E-state index in [0.717, 1.165) is 16.7 Å². The molecule has 112 valence electrons. The molecule has 5 heteroatoms. The summed E-state index contributed by atoms with van der Waals surface area (Å²) < 4.78 is 24.3. The number of hydrogen-bond acceptors (Lipinski definition) is 2. The van der Waals surface area contributed by atoms with E-state index in [1.165, 1.54) is 12.1 Å². The van der Waals surface area contributed by atoms with Crippen molar-refractivity contribution in [2.75, 3.05) is 7.11 Å². The third-order valence-electron chi connectivity index (χ3n) is 3.14. The lowest BCUT2D eigenvalue weighted by Crippen LogP contribution is -2.02. The first-order chi connectivity index (χ1) is 10.0. The molecule has 21 heavy (non-hydrogen) atoms. The number of halogens is 3. The van der Waals surface area contributed by atoms with Crippen molar-refractivity contribution >= 4 is 27.5 Å². The first kappa shape index (κ1) is 16.1. The van der Waals surface area contributed by atoms with Crippen LogP contribution in [0, 0.1) is 12.7 Å². The lowest BCUT2D eigenvalue weighted by Gasteiger charge is -2.15. The fraction of sp³-hybridized carbons (Fsp3) is 0.250. The van der Waals surface area contributed by atoms with Gasteiger partial charge < -0.3 is 9.47 Å². The summed E-state index contributed by atoms with van der Waals surface area (Å²) in [6, 6.07) is 8.17. The number of methoxy groups -OCH3 is 1. The first-order valence-electron chi connectivity index (χ1n) is 6.35. The van der Waals surface area contributed by atoms with Crippen molar-refractivity contribution in [1.29, 1.82) is 0 Å². The van der Waals surface area contributed by atoms with Crippen LogP contribution < -0.4 is 9.47 Å². The predicted octanol–water partition coefficient (Wildman–Crippen LogP) is 5.27. The molecule has 0 aliphatic heterocycles. The number of rotatable bonds is 5. The van der Waals surface area contributed by atoms with Crippen LogP contribution in [0.25, 0.3) is 0 Å². The van der Waals surface area contributed by atoms with Crippen LogP contribution in [0.3, 0.4) is 0 Å². The Labute approximate surface area is 137 Å². The van der Waals surface area contributed by atoms with Gasteiger partial charge in [0.25, 0.3) is 0 Å². The molecule has 2 rings (SSSR count). The Kier molecular flexibility index (Phi) is 5.48. The van der Waals surface area contributed by atoms with E-state index >= 15 is 0 Å². The summed E-state index contributed by atoms with van der Waals surface area (Å²) in [7, 11) is 1.57. The lowest BCUT2D eigenvalue weighted by molar-refractivity contribution is 0.281. The highest BCUT2D eigenvalue weighted by Gasteiger charge is 2.13. The second kappa shape index (κ2) is 7.14. The Morgan fingerprint density at radius 3 is 2.57 bits per heavy atom. The number of aryl methyl sites for hydroxylation is 1. The van der Waals surface area contributed by atoms with Gasteiger partial charge in [0.15, 0.2) is 11.5 Å². The van der Waals surface area contributed by atoms with Crippen molar-refractivity contribution in [2.45, 2.75) is 18.9 Å². The summed E-state index contributed by atoms with van der Waals surface area (Å²) in [6.07, 6.45) is 0. The first-order valence-corrected chi connectivity index (χ1v) is 7.85. The van der Waals surface area contributed by atoms with Crippen LogP contribution in [0.2, 0.25) is 5.02 Å². The standard InChI is InChI=1S/C16H15BrClFO2/c1-10-5-14(19)4-3-11(10)9-21-16-12(8-17)6-13(18)7-15(16)20-2/h3-7H,8-9H2,1-2H3. The molecule has 0 atom stereocenters. The summed E-state index contributed by atoms with van der Waals surface area (Å²) in [6.45, 7) is 2.19. The normalized spacial score (nSPS) is 10.5. The minimum absolute atomic E-state index is 0.249. The average molecular weight is 374 g/mol. The highest BCUT2D eigenvalue weighted by molar-refractivity contribution is 9.08. The van der Waals surface area contributed by atoms with Crippen molar-refractivity contribution in [3.63, 3.8) is 0 Å². The van der Waals surface area contributed by atoms with E-state index in [2.05, 4.69) is 15.9 Å². The summed E-state index contributed by atoms with van der Waals surface area (Å²) in [5.74, 6) is 0.973. The molecule has 0 fully saturated rings. The summed E-state index contributed by atoms with van der Waals surface area (Å²) >= 11 is 9.45. The molecule has 0 aliphatic carbocycles. The van der Waals surface area contributed by atoms with Gasteiger partial charge in [-0.05, 0) is 36.2 Å². The number of ether oxygens (including phenoxy) is 2. The molecule has 0 unspecified atom stereocenters. The Balaban J connectivity index is 2.26. The lowest BCUT2D eigenvalue weighted by atomic mass is 10.1. The molecule has 0 saturated carbocycles. The number of benzene rings is 2. The van der Waals surface area contributed by atoms with Gasteiger partial charge in [-0.3, -0.25) is 0 Å². The topological polar surface area (TPSA) is 18.5 Å². The van der Waals surface area contributed by atoms with Gasteiger partial charge in [0, 0.05) is 22.0 Å². The van der Waals surface area contributed by atoms with E-state index in [9.17, 15) is 4.39 Å². The molecule has 0 amide bonds. The second-order valence-electron chi connectivity index (χ2n) is 4.59. The van der Waals surface area contributed by atoms with Crippen molar-refractivity contribution in [3.8, 4) is 11.5 Å². The van der Waals surface area contributed by atoms with Crippen LogP contribution in [-0.2, 0) is 11.9 Å². The minimum Gasteiger partial charge on any atom is -0.493 e. The predicted molar refractivity (Wildman–Crippen MR) is 86.1 cm³/mol. The van der Waals surface area contributed by atoms with E-state index < -0.39 is 0 Å². The van der Waals surface area contributed by atoms with Crippen molar-refractivity contribution < 1.29 is 13.9 Å². The Morgan fingerprint density at radius 1 is 1.19 bits per heavy atom. The van der Waals surface area contributed by atoms with E-state index in [0.29, 0.717) is 28.5 Å². The Hall–Kier alpha value is -1.26. The Morgan fingerprint density at radius 2 is 1.95 bits per heavy atom. The molecule has 0 N–H and O–H groups in total. The quantitative estimate of drug-likeness (QED) is 0.665. The SMILES string of the molecule is COc1cc(Cl)cc(CBr)c1OCc1ccc(F)cc1C. The zero-order chi connectivity index (χ0) is 15.4. The molecule has 0 radical (unpaired) electrons. The maximum Gasteiger partial charge on any atom is 0.165 e. The maximum atomic E-state index is 13.1. The van der Waals surface area contributed by atoms with E-state index in [1.807, 2.05) is 13.0 Å². The van der Waals surface area contributed by atoms with Crippen LogP contribution in [-0.4, -0.2) is 7.11 Å². The molecule has 0 aromatic heterocycles. The van der Waals surface area contributed by atoms with Gasteiger partial charge >= 0.3 is 0 Å². The third-order valence-corrected chi connectivity index (χ3v) is 3.96. The molecule has 2 nitrogen and oxygen atoms in total. The highest BCUT2D eigenvalue weighted by atomic mass is 79.9. The monoisotopic (exact) mass is 372 g/mol. The van der Waals surface area contributed by atoms with Crippen LogP contribution in [0.5, 0.6) is 11.5 Å². The van der Waals surface area contributed by atoms with Gasteiger partial charge in [-0.1, -0.05) is 33.6 Å². The molecule has 0 spiro atoms. The molecule has 0 aliphatic rings. The third kappa shape index (κ3) is 3.89. The molecular formula is C16H15BrClFO2. The van der Waals surface area contributed by atoms with Crippen LogP contribution in [0.1, 0.15) is 16.7 Å². The molecule has 0 heterocycles. The molecule has 2 aromatic carbocycles. The summed E-state index contributed by atoms with van der Waals surface area (Å²) in [5, 5.41) is 1.19. The van der Waals surface area contributed by atoms with Gasteiger partial charge in [-0.2, -0.15) is 0 Å². The van der Waals surface area contributed by atoms with Crippen LogP contribution in [0.4, 0.5) is 4.39 Å². The molecule has 0 saturated heterocycles. The summed E-state index contributed by atoms with van der Waals surface area (Å²) in [5.41, 5.74) is 2.68. The van der Waals surface area contributed by atoms with Crippen molar-refractivity contribution in [1.82, 2.24) is 0 Å². The summed E-state index contributed by atoms with van der Waals surface area (Å²) in [4.78, 5) is 0. The van der Waals surface area contributed by atoms with E-state index in [-0.39, 0.29) is 5.82 Å². The van der Waals surface area contributed by atoms with Gasteiger partial charge in [0.1, 0.15) is 12.4 Å². The zero-order valence-electron chi connectivity index (χ0n) is 11.8. The Bertz CT molecular complexity index is 621. The fourth-order valence-corrected chi connectivity index (χ4v) is 2.66. The average Bonchev–Trinajstić information content (AvgIpc) is 2.46. The van der Waals surface area contributed by atoms with Crippen LogP contribution in [0.15, 0.2) is 30.3 Å². The zero-order valence-corrected chi connectivity index (χ0v) is 14.1. The van der Waals surface area contributed by atoms with E-state index in [4.69, 9.17) is 21.1 Å². The smallest absolute Gasteiger partial charge is 0.165 e. The number of alkyl halides is 1. The largest absolute Gasteiger partial charge is 0.493 e. The second-order valence-corrected chi connectivity index (χ2v) is 5.59. The molecule has 2 aromatic rings. The molecular weight excluding hydrogens is 359 g/mol. The minimum atomic E-state index is -0.249. The van der Waals surface area contributed by atoms with Crippen molar-refractivity contribution in [3.05, 3.63) is 57.9 Å². The van der Waals surface area contributed by atoms with Crippen LogP contribution >= 0.6 is 27.5 Å². The van der Waals surface area contributed by atoms with Gasteiger partial charge in [0.05, 0.1) is 7.11 Å². The van der Waals surface area contributed by atoms with Gasteiger partial charge in [-0.25, -0.2) is 4.39 Å². The number of hydrogen-bond donors (Lipinski definition) is 0. The van der Waals surface area contributed by atoms with Crippen molar-refractivity contribution in [2.24, 2.45) is 0 Å².